The van der Waals surface area contributed by atoms with Gasteiger partial charge in [0.2, 0.25) is 0 Å². The third kappa shape index (κ3) is 4.86. The van der Waals surface area contributed by atoms with Crippen molar-refractivity contribution < 1.29 is 22.7 Å². The lowest BCUT2D eigenvalue weighted by Crippen LogP contribution is -2.36. The highest BCUT2D eigenvalue weighted by molar-refractivity contribution is 6.30. The molecule has 3 aromatic rings. The zero-order valence-electron chi connectivity index (χ0n) is 18.2. The lowest BCUT2D eigenvalue weighted by atomic mass is 10.1. The van der Waals surface area contributed by atoms with Gasteiger partial charge in [0, 0.05) is 40.9 Å². The number of aromatic nitrogens is 1. The second-order valence-electron chi connectivity index (χ2n) is 7.88. The molecule has 1 aliphatic heterocycles. The Morgan fingerprint density at radius 3 is 2.27 bits per heavy atom. The van der Waals surface area contributed by atoms with Gasteiger partial charge in [0.25, 0.3) is 5.91 Å². The maximum atomic E-state index is 13.8. The fourth-order valence-corrected chi connectivity index (χ4v) is 4.19. The number of rotatable bonds is 4. The summed E-state index contributed by atoms with van der Waals surface area (Å²) >= 11 is 5.96. The van der Waals surface area contributed by atoms with Crippen molar-refractivity contribution in [2.24, 2.45) is 0 Å². The van der Waals surface area contributed by atoms with Crippen LogP contribution in [0.4, 0.5) is 24.5 Å². The van der Waals surface area contributed by atoms with E-state index in [1.807, 2.05) is 28.5 Å². The van der Waals surface area contributed by atoms with Crippen LogP contribution >= 0.6 is 11.6 Å². The van der Waals surface area contributed by atoms with Crippen LogP contribution in [-0.4, -0.2) is 36.8 Å². The van der Waals surface area contributed by atoms with Crippen LogP contribution in [0.3, 0.4) is 0 Å². The first-order valence-corrected chi connectivity index (χ1v) is 10.8. The topological polar surface area (TPSA) is 46.5 Å². The summed E-state index contributed by atoms with van der Waals surface area (Å²) in [7, 11) is 0. The molecule has 0 atom stereocenters. The molecule has 4 rings (SSSR count). The number of alkyl halides is 3. The SMILES string of the molecule is Cc1cc(C(=O)Nc2ccc(N3CCOCC3)cc2C(F)(F)F)c(C)n1-c1ccc(Cl)cc1. The highest BCUT2D eigenvalue weighted by Gasteiger charge is 2.35. The van der Waals surface area contributed by atoms with Crippen LogP contribution in [-0.2, 0) is 10.9 Å². The number of benzene rings is 2. The van der Waals surface area contributed by atoms with Crippen molar-refractivity contribution >= 4 is 28.9 Å². The number of amides is 1. The number of nitrogens with zero attached hydrogens (tertiary/aromatic N) is 2. The van der Waals surface area contributed by atoms with E-state index in [1.165, 1.54) is 6.07 Å². The molecule has 174 valence electrons. The van der Waals surface area contributed by atoms with Crippen molar-refractivity contribution in [2.75, 3.05) is 36.5 Å². The van der Waals surface area contributed by atoms with Gasteiger partial charge in [-0.05, 0) is 62.4 Å². The molecule has 1 saturated heterocycles. The summed E-state index contributed by atoms with van der Waals surface area (Å²) in [5, 5.41) is 3.05. The molecule has 2 aromatic carbocycles. The van der Waals surface area contributed by atoms with Crippen LogP contribution in [0.25, 0.3) is 5.69 Å². The summed E-state index contributed by atoms with van der Waals surface area (Å²) in [5.74, 6) is -0.604. The predicted octanol–water partition coefficient (Wildman–Crippen LogP) is 5.86. The molecular weight excluding hydrogens is 455 g/mol. The standard InChI is InChI=1S/C24H23ClF3N3O2/c1-15-13-20(16(2)31(15)18-5-3-17(25)4-6-18)23(32)29-22-8-7-19(14-21(22)24(26,27)28)30-9-11-33-12-10-30/h3-8,13-14H,9-12H2,1-2H3,(H,29,32). The first-order chi connectivity index (χ1) is 15.6. The van der Waals surface area contributed by atoms with Gasteiger partial charge in [-0.25, -0.2) is 0 Å². The average Bonchev–Trinajstić information content (AvgIpc) is 3.08. The Hall–Kier alpha value is -2.97. The number of morpholine rings is 1. The predicted molar refractivity (Wildman–Crippen MR) is 123 cm³/mol. The minimum Gasteiger partial charge on any atom is -0.378 e. The molecule has 0 bridgehead atoms. The van der Waals surface area contributed by atoms with Gasteiger partial charge in [-0.1, -0.05) is 11.6 Å². The molecule has 0 saturated carbocycles. The van der Waals surface area contributed by atoms with Crippen LogP contribution in [0.15, 0.2) is 48.5 Å². The molecular formula is C24H23ClF3N3O2. The quantitative estimate of drug-likeness (QED) is 0.512. The number of hydrogen-bond acceptors (Lipinski definition) is 3. The molecule has 1 fully saturated rings. The number of halogens is 4. The molecule has 0 radical (unpaired) electrons. The Bertz CT molecular complexity index is 1170. The lowest BCUT2D eigenvalue weighted by molar-refractivity contribution is -0.136. The molecule has 5 nitrogen and oxygen atoms in total. The molecule has 2 heterocycles. The molecule has 1 aliphatic rings. The number of carbonyl (C=O) groups is 1. The van der Waals surface area contributed by atoms with Crippen molar-refractivity contribution in [3.8, 4) is 5.69 Å². The molecule has 0 aliphatic carbocycles. The molecule has 1 N–H and O–H groups in total. The van der Waals surface area contributed by atoms with E-state index >= 15 is 0 Å². The minimum absolute atomic E-state index is 0.277. The number of anilines is 2. The molecule has 0 spiro atoms. The van der Waals surface area contributed by atoms with Gasteiger partial charge in [0.15, 0.2) is 0 Å². The van der Waals surface area contributed by atoms with Crippen molar-refractivity contribution in [3.63, 3.8) is 0 Å². The third-order valence-corrected chi connectivity index (χ3v) is 5.95. The Labute approximate surface area is 194 Å². The zero-order chi connectivity index (χ0) is 23.8. The molecule has 9 heteroatoms. The molecule has 0 unspecified atom stereocenters. The highest BCUT2D eigenvalue weighted by Crippen LogP contribution is 2.38. The van der Waals surface area contributed by atoms with Crippen LogP contribution in [0.2, 0.25) is 5.02 Å². The monoisotopic (exact) mass is 477 g/mol. The Kier molecular flexibility index (Phi) is 6.41. The number of hydrogen-bond donors (Lipinski definition) is 1. The average molecular weight is 478 g/mol. The summed E-state index contributed by atoms with van der Waals surface area (Å²) in [5.41, 5.74) is 1.79. The number of aryl methyl sites for hydroxylation is 1. The second-order valence-corrected chi connectivity index (χ2v) is 8.31. The highest BCUT2D eigenvalue weighted by atomic mass is 35.5. The van der Waals surface area contributed by atoms with Gasteiger partial charge in [0.05, 0.1) is 30.0 Å². The first-order valence-electron chi connectivity index (χ1n) is 10.5. The molecule has 33 heavy (non-hydrogen) atoms. The summed E-state index contributed by atoms with van der Waals surface area (Å²) < 4.78 is 48.7. The van der Waals surface area contributed by atoms with Crippen LogP contribution in [0.1, 0.15) is 27.3 Å². The normalized spacial score (nSPS) is 14.4. The van der Waals surface area contributed by atoms with Crippen molar-refractivity contribution in [1.82, 2.24) is 4.57 Å². The van der Waals surface area contributed by atoms with E-state index in [0.29, 0.717) is 48.3 Å². The van der Waals surface area contributed by atoms with Crippen molar-refractivity contribution in [2.45, 2.75) is 20.0 Å². The summed E-state index contributed by atoms with van der Waals surface area (Å²) in [6.45, 7) is 5.53. The number of nitrogens with one attached hydrogen (secondary N) is 1. The number of ether oxygens (including phenoxy) is 1. The van der Waals surface area contributed by atoms with Gasteiger partial charge in [-0.2, -0.15) is 13.2 Å². The number of carbonyl (C=O) groups excluding carboxylic acids is 1. The summed E-state index contributed by atoms with van der Waals surface area (Å²) in [6, 6.07) is 12.7. The van der Waals surface area contributed by atoms with Gasteiger partial charge in [-0.15, -0.1) is 0 Å². The Morgan fingerprint density at radius 2 is 1.64 bits per heavy atom. The van der Waals surface area contributed by atoms with E-state index < -0.39 is 17.6 Å². The van der Waals surface area contributed by atoms with Crippen LogP contribution in [0.5, 0.6) is 0 Å². The fraction of sp³-hybridized carbons (Fsp3) is 0.292. The largest absolute Gasteiger partial charge is 0.418 e. The summed E-state index contributed by atoms with van der Waals surface area (Å²) in [6.07, 6.45) is -4.62. The van der Waals surface area contributed by atoms with Gasteiger partial charge >= 0.3 is 6.18 Å². The Morgan fingerprint density at radius 1 is 1.00 bits per heavy atom. The van der Waals surface area contributed by atoms with E-state index in [2.05, 4.69) is 5.32 Å². The van der Waals surface area contributed by atoms with E-state index in [0.717, 1.165) is 17.4 Å². The lowest BCUT2D eigenvalue weighted by Gasteiger charge is -2.29. The fourth-order valence-electron chi connectivity index (χ4n) is 4.06. The van der Waals surface area contributed by atoms with E-state index in [1.54, 1.807) is 31.2 Å². The smallest absolute Gasteiger partial charge is 0.378 e. The summed E-state index contributed by atoms with van der Waals surface area (Å²) in [4.78, 5) is 14.8. The minimum atomic E-state index is -4.62. The van der Waals surface area contributed by atoms with Gasteiger partial charge < -0.3 is 19.5 Å². The molecule has 1 amide bonds. The first kappa shape index (κ1) is 23.2. The third-order valence-electron chi connectivity index (χ3n) is 5.69. The molecule has 1 aromatic heterocycles. The maximum absolute atomic E-state index is 13.8. The van der Waals surface area contributed by atoms with E-state index in [9.17, 15) is 18.0 Å². The van der Waals surface area contributed by atoms with Crippen molar-refractivity contribution in [1.29, 1.82) is 0 Å². The Balaban J connectivity index is 1.64. The van der Waals surface area contributed by atoms with Crippen molar-refractivity contribution in [3.05, 3.63) is 76.1 Å². The van der Waals surface area contributed by atoms with E-state index in [4.69, 9.17) is 16.3 Å². The van der Waals surface area contributed by atoms with Crippen LogP contribution in [0, 0.1) is 13.8 Å². The van der Waals surface area contributed by atoms with Crippen LogP contribution < -0.4 is 10.2 Å². The second kappa shape index (κ2) is 9.11. The van der Waals surface area contributed by atoms with Gasteiger partial charge in [-0.3, -0.25) is 4.79 Å². The van der Waals surface area contributed by atoms with Gasteiger partial charge in [0.1, 0.15) is 0 Å². The maximum Gasteiger partial charge on any atom is 0.418 e. The van der Waals surface area contributed by atoms with E-state index in [-0.39, 0.29) is 5.69 Å². The zero-order valence-corrected chi connectivity index (χ0v) is 18.9.